The Morgan fingerprint density at radius 2 is 1.93 bits per heavy atom. The van der Waals surface area contributed by atoms with E-state index < -0.39 is 0 Å². The second kappa shape index (κ2) is 5.99. The van der Waals surface area contributed by atoms with Gasteiger partial charge in [0.1, 0.15) is 0 Å². The summed E-state index contributed by atoms with van der Waals surface area (Å²) in [6.45, 7) is 12.8. The van der Waals surface area contributed by atoms with E-state index in [-0.39, 0.29) is 0 Å². The molecule has 1 atom stereocenters. The van der Waals surface area contributed by atoms with Crippen LogP contribution in [0.2, 0.25) is 0 Å². The fourth-order valence-corrected chi connectivity index (χ4v) is 1.52. The zero-order valence-electron chi connectivity index (χ0n) is 9.21. The van der Waals surface area contributed by atoms with Crippen LogP contribution >= 0.6 is 0 Å². The number of hydrogen-bond acceptors (Lipinski definition) is 2. The first-order chi connectivity index (χ1) is 6.77. The monoisotopic (exact) mass is 194 g/mol. The maximum absolute atomic E-state index is 3.78. The predicted octanol–water partition coefficient (Wildman–Crippen LogP) is 1.80. The summed E-state index contributed by atoms with van der Waals surface area (Å²) in [7, 11) is 0. The van der Waals surface area contributed by atoms with E-state index >= 15 is 0 Å². The van der Waals surface area contributed by atoms with Gasteiger partial charge in [-0.05, 0) is 19.8 Å². The van der Waals surface area contributed by atoms with Gasteiger partial charge in [0, 0.05) is 31.7 Å². The molecule has 1 saturated carbocycles. The van der Waals surface area contributed by atoms with E-state index in [1.165, 1.54) is 12.8 Å². The molecule has 0 spiro atoms. The molecule has 1 aliphatic rings. The minimum Gasteiger partial charge on any atom is -0.312 e. The second-order valence-electron chi connectivity index (χ2n) is 4.06. The van der Waals surface area contributed by atoms with Crippen molar-refractivity contribution in [3.63, 3.8) is 0 Å². The van der Waals surface area contributed by atoms with Crippen LogP contribution in [0.3, 0.4) is 0 Å². The standard InChI is InChI=1S/C12H22N2/c1-4-8-14(9-5-2)11(3)10-13-12-6-7-12/h4-5,11-13H,1-2,6-10H2,3H3. The highest BCUT2D eigenvalue weighted by atomic mass is 15.2. The van der Waals surface area contributed by atoms with Crippen LogP contribution in [0.1, 0.15) is 19.8 Å². The van der Waals surface area contributed by atoms with Gasteiger partial charge in [-0.3, -0.25) is 4.90 Å². The molecule has 0 aromatic carbocycles. The van der Waals surface area contributed by atoms with Crippen molar-refractivity contribution >= 4 is 0 Å². The first-order valence-corrected chi connectivity index (χ1v) is 5.47. The third kappa shape index (κ3) is 4.07. The van der Waals surface area contributed by atoms with E-state index in [2.05, 4.69) is 30.3 Å². The lowest BCUT2D eigenvalue weighted by molar-refractivity contribution is 0.249. The maximum Gasteiger partial charge on any atom is 0.0199 e. The van der Waals surface area contributed by atoms with Crippen LogP contribution in [0.4, 0.5) is 0 Å². The van der Waals surface area contributed by atoms with Crippen molar-refractivity contribution in [3.05, 3.63) is 25.3 Å². The van der Waals surface area contributed by atoms with E-state index in [9.17, 15) is 0 Å². The van der Waals surface area contributed by atoms with Crippen molar-refractivity contribution in [2.75, 3.05) is 19.6 Å². The Balaban J connectivity index is 2.23. The molecule has 0 radical (unpaired) electrons. The fourth-order valence-electron chi connectivity index (χ4n) is 1.52. The first kappa shape index (κ1) is 11.5. The van der Waals surface area contributed by atoms with Gasteiger partial charge in [0.2, 0.25) is 0 Å². The summed E-state index contributed by atoms with van der Waals surface area (Å²) in [6, 6.07) is 1.36. The molecule has 1 unspecified atom stereocenters. The fraction of sp³-hybridized carbons (Fsp3) is 0.667. The van der Waals surface area contributed by atoms with Crippen molar-refractivity contribution in [1.82, 2.24) is 10.2 Å². The SMILES string of the molecule is C=CCN(CC=C)C(C)CNC1CC1. The van der Waals surface area contributed by atoms with Crippen molar-refractivity contribution < 1.29 is 0 Å². The number of hydrogen-bond donors (Lipinski definition) is 1. The zero-order valence-corrected chi connectivity index (χ0v) is 9.21. The molecule has 0 heterocycles. The largest absolute Gasteiger partial charge is 0.312 e. The van der Waals surface area contributed by atoms with Crippen molar-refractivity contribution in [1.29, 1.82) is 0 Å². The molecule has 80 valence electrons. The molecule has 0 amide bonds. The van der Waals surface area contributed by atoms with Gasteiger partial charge in [-0.25, -0.2) is 0 Å². The Kier molecular flexibility index (Phi) is 4.91. The van der Waals surface area contributed by atoms with Gasteiger partial charge < -0.3 is 5.32 Å². The first-order valence-electron chi connectivity index (χ1n) is 5.47. The van der Waals surface area contributed by atoms with Crippen molar-refractivity contribution in [2.24, 2.45) is 0 Å². The summed E-state index contributed by atoms with van der Waals surface area (Å²) < 4.78 is 0. The lowest BCUT2D eigenvalue weighted by atomic mass is 10.2. The number of nitrogens with one attached hydrogen (secondary N) is 1. The Morgan fingerprint density at radius 1 is 1.36 bits per heavy atom. The predicted molar refractivity (Wildman–Crippen MR) is 62.5 cm³/mol. The average Bonchev–Trinajstić information content (AvgIpc) is 2.97. The Morgan fingerprint density at radius 3 is 2.36 bits per heavy atom. The van der Waals surface area contributed by atoms with Crippen LogP contribution in [-0.2, 0) is 0 Å². The summed E-state index contributed by atoms with van der Waals surface area (Å²) in [4.78, 5) is 2.37. The van der Waals surface area contributed by atoms with Crippen LogP contribution in [0.5, 0.6) is 0 Å². The summed E-state index contributed by atoms with van der Waals surface area (Å²) >= 11 is 0. The molecule has 0 saturated heterocycles. The normalized spacial score (nSPS) is 18.1. The number of rotatable bonds is 8. The summed E-state index contributed by atoms with van der Waals surface area (Å²) in [5.74, 6) is 0. The lowest BCUT2D eigenvalue weighted by Gasteiger charge is -2.26. The van der Waals surface area contributed by atoms with Gasteiger partial charge >= 0.3 is 0 Å². The Labute approximate surface area is 87.7 Å². The van der Waals surface area contributed by atoms with Gasteiger partial charge in [0.25, 0.3) is 0 Å². The molecule has 2 heteroatoms. The molecular weight excluding hydrogens is 172 g/mol. The molecule has 2 nitrogen and oxygen atoms in total. The molecule has 14 heavy (non-hydrogen) atoms. The van der Waals surface area contributed by atoms with Crippen LogP contribution in [-0.4, -0.2) is 36.6 Å². The third-order valence-electron chi connectivity index (χ3n) is 2.63. The van der Waals surface area contributed by atoms with Gasteiger partial charge in [-0.15, -0.1) is 13.2 Å². The van der Waals surface area contributed by atoms with Gasteiger partial charge in [-0.1, -0.05) is 12.2 Å². The molecule has 1 fully saturated rings. The lowest BCUT2D eigenvalue weighted by Crippen LogP contribution is -2.41. The van der Waals surface area contributed by atoms with Gasteiger partial charge in [-0.2, -0.15) is 0 Å². The van der Waals surface area contributed by atoms with Crippen molar-refractivity contribution in [3.8, 4) is 0 Å². The molecule has 1 rings (SSSR count). The maximum atomic E-state index is 3.78. The van der Waals surface area contributed by atoms with Crippen LogP contribution in [0, 0.1) is 0 Å². The van der Waals surface area contributed by atoms with E-state index in [0.717, 1.165) is 25.7 Å². The van der Waals surface area contributed by atoms with E-state index in [4.69, 9.17) is 0 Å². The molecule has 0 aliphatic heterocycles. The van der Waals surface area contributed by atoms with E-state index in [0.29, 0.717) is 6.04 Å². The molecule has 1 aliphatic carbocycles. The number of nitrogens with zero attached hydrogens (tertiary/aromatic N) is 1. The van der Waals surface area contributed by atoms with E-state index in [1.54, 1.807) is 0 Å². The minimum absolute atomic E-state index is 0.562. The van der Waals surface area contributed by atoms with Gasteiger partial charge in [0.15, 0.2) is 0 Å². The molecule has 0 bridgehead atoms. The minimum atomic E-state index is 0.562. The highest BCUT2D eigenvalue weighted by Crippen LogP contribution is 2.18. The van der Waals surface area contributed by atoms with Crippen LogP contribution in [0.25, 0.3) is 0 Å². The average molecular weight is 194 g/mol. The van der Waals surface area contributed by atoms with Crippen LogP contribution in [0.15, 0.2) is 25.3 Å². The van der Waals surface area contributed by atoms with E-state index in [1.807, 2.05) is 12.2 Å². The molecule has 0 aromatic rings. The Hall–Kier alpha value is -0.600. The smallest absolute Gasteiger partial charge is 0.0199 e. The molecule has 0 aromatic heterocycles. The summed E-state index contributed by atoms with van der Waals surface area (Å²) in [6.07, 6.45) is 6.62. The van der Waals surface area contributed by atoms with Crippen LogP contribution < -0.4 is 5.32 Å². The summed E-state index contributed by atoms with van der Waals surface area (Å²) in [5, 5.41) is 3.54. The van der Waals surface area contributed by atoms with Gasteiger partial charge in [0.05, 0.1) is 0 Å². The highest BCUT2D eigenvalue weighted by molar-refractivity contribution is 4.86. The third-order valence-corrected chi connectivity index (χ3v) is 2.63. The summed E-state index contributed by atoms with van der Waals surface area (Å²) in [5.41, 5.74) is 0. The zero-order chi connectivity index (χ0) is 10.4. The highest BCUT2D eigenvalue weighted by Gasteiger charge is 2.21. The molecular formula is C12H22N2. The topological polar surface area (TPSA) is 15.3 Å². The quantitative estimate of drug-likeness (QED) is 0.593. The second-order valence-corrected chi connectivity index (χ2v) is 4.06. The Bertz CT molecular complexity index is 175. The molecule has 1 N–H and O–H groups in total. The van der Waals surface area contributed by atoms with Crippen molar-refractivity contribution in [2.45, 2.75) is 31.8 Å².